The summed E-state index contributed by atoms with van der Waals surface area (Å²) in [7, 11) is -3.22. The van der Waals surface area contributed by atoms with Gasteiger partial charge in [-0.1, -0.05) is 35.3 Å². The molecule has 0 saturated carbocycles. The van der Waals surface area contributed by atoms with Crippen LogP contribution in [0.25, 0.3) is 0 Å². The standard InChI is InChI=1S/C14H11Cl3O2S/c1-20(18,19)11-5-2-9(3-6-11)14(17)12-8-10(15)4-7-13(12)16/h2-8,14H,1H3. The topological polar surface area (TPSA) is 34.1 Å². The van der Waals surface area contributed by atoms with Crippen molar-refractivity contribution in [1.29, 1.82) is 0 Å². The second-order valence-electron chi connectivity index (χ2n) is 4.37. The van der Waals surface area contributed by atoms with Gasteiger partial charge in [0.2, 0.25) is 0 Å². The predicted molar refractivity (Wildman–Crippen MR) is 83.7 cm³/mol. The van der Waals surface area contributed by atoms with Gasteiger partial charge in [-0.2, -0.15) is 0 Å². The lowest BCUT2D eigenvalue weighted by Gasteiger charge is -2.13. The van der Waals surface area contributed by atoms with E-state index in [1.807, 2.05) is 0 Å². The largest absolute Gasteiger partial charge is 0.224 e. The van der Waals surface area contributed by atoms with E-state index < -0.39 is 15.2 Å². The van der Waals surface area contributed by atoms with Gasteiger partial charge in [0.25, 0.3) is 0 Å². The van der Waals surface area contributed by atoms with Crippen LogP contribution < -0.4 is 0 Å². The van der Waals surface area contributed by atoms with Crippen molar-refractivity contribution in [2.45, 2.75) is 10.3 Å². The van der Waals surface area contributed by atoms with E-state index in [0.717, 1.165) is 11.8 Å². The highest BCUT2D eigenvalue weighted by Crippen LogP contribution is 2.35. The zero-order chi connectivity index (χ0) is 14.9. The molecule has 0 aliphatic carbocycles. The van der Waals surface area contributed by atoms with E-state index in [2.05, 4.69) is 0 Å². The normalized spacial score (nSPS) is 13.2. The van der Waals surface area contributed by atoms with E-state index in [1.54, 1.807) is 30.3 Å². The van der Waals surface area contributed by atoms with Gasteiger partial charge in [0.1, 0.15) is 0 Å². The fourth-order valence-corrected chi connectivity index (χ4v) is 3.19. The molecule has 20 heavy (non-hydrogen) atoms. The molecule has 0 fully saturated rings. The summed E-state index contributed by atoms with van der Waals surface area (Å²) in [5, 5.41) is 0.569. The van der Waals surface area contributed by atoms with Gasteiger partial charge in [-0.25, -0.2) is 8.42 Å². The first-order valence-electron chi connectivity index (χ1n) is 5.68. The molecular formula is C14H11Cl3O2S. The number of alkyl halides is 1. The van der Waals surface area contributed by atoms with Crippen molar-refractivity contribution >= 4 is 44.6 Å². The van der Waals surface area contributed by atoms with Crippen LogP contribution >= 0.6 is 34.8 Å². The molecule has 0 aliphatic rings. The van der Waals surface area contributed by atoms with Crippen LogP contribution in [0.2, 0.25) is 10.0 Å². The minimum Gasteiger partial charge on any atom is -0.224 e. The summed E-state index contributed by atoms with van der Waals surface area (Å²) in [4.78, 5) is 0.252. The Morgan fingerprint density at radius 1 is 1.00 bits per heavy atom. The summed E-state index contributed by atoms with van der Waals surface area (Å²) in [6.45, 7) is 0. The zero-order valence-corrected chi connectivity index (χ0v) is 13.6. The minimum absolute atomic E-state index is 0.252. The summed E-state index contributed by atoms with van der Waals surface area (Å²) in [6.07, 6.45) is 1.16. The Balaban J connectivity index is 2.39. The van der Waals surface area contributed by atoms with Gasteiger partial charge in [-0.3, -0.25) is 0 Å². The molecule has 106 valence electrons. The Morgan fingerprint density at radius 2 is 1.60 bits per heavy atom. The second kappa shape index (κ2) is 5.94. The van der Waals surface area contributed by atoms with Crippen molar-refractivity contribution in [1.82, 2.24) is 0 Å². The molecule has 0 aromatic heterocycles. The van der Waals surface area contributed by atoms with Crippen molar-refractivity contribution in [3.8, 4) is 0 Å². The molecule has 0 N–H and O–H groups in total. The van der Waals surface area contributed by atoms with Crippen LogP contribution in [0.5, 0.6) is 0 Å². The number of sulfone groups is 1. The molecule has 0 saturated heterocycles. The fraction of sp³-hybridized carbons (Fsp3) is 0.143. The smallest absolute Gasteiger partial charge is 0.175 e. The lowest BCUT2D eigenvalue weighted by atomic mass is 10.0. The maximum absolute atomic E-state index is 11.4. The monoisotopic (exact) mass is 348 g/mol. The zero-order valence-electron chi connectivity index (χ0n) is 10.5. The highest BCUT2D eigenvalue weighted by atomic mass is 35.5. The first-order chi connectivity index (χ1) is 9.29. The number of hydrogen-bond donors (Lipinski definition) is 0. The molecule has 0 spiro atoms. The first-order valence-corrected chi connectivity index (χ1v) is 8.76. The lowest BCUT2D eigenvalue weighted by molar-refractivity contribution is 0.602. The maximum atomic E-state index is 11.4. The van der Waals surface area contributed by atoms with Crippen LogP contribution in [0.4, 0.5) is 0 Å². The van der Waals surface area contributed by atoms with E-state index in [-0.39, 0.29) is 4.90 Å². The molecule has 0 amide bonds. The van der Waals surface area contributed by atoms with Gasteiger partial charge in [-0.05, 0) is 41.5 Å². The molecule has 0 heterocycles. The molecule has 1 unspecified atom stereocenters. The molecule has 2 rings (SSSR count). The van der Waals surface area contributed by atoms with Gasteiger partial charge in [0, 0.05) is 16.3 Å². The lowest BCUT2D eigenvalue weighted by Crippen LogP contribution is -1.99. The highest BCUT2D eigenvalue weighted by molar-refractivity contribution is 7.90. The van der Waals surface area contributed by atoms with Crippen LogP contribution in [0.15, 0.2) is 47.4 Å². The summed E-state index contributed by atoms with van der Waals surface area (Å²) in [5.41, 5.74) is 1.44. The van der Waals surface area contributed by atoms with Gasteiger partial charge >= 0.3 is 0 Å². The second-order valence-corrected chi connectivity index (χ2v) is 7.67. The van der Waals surface area contributed by atoms with Crippen LogP contribution in [0.3, 0.4) is 0 Å². The summed E-state index contributed by atoms with van der Waals surface area (Å²) in [6, 6.07) is 11.5. The van der Waals surface area contributed by atoms with E-state index >= 15 is 0 Å². The Labute approximate surface area is 133 Å². The number of hydrogen-bond acceptors (Lipinski definition) is 2. The fourth-order valence-electron chi connectivity index (χ4n) is 1.77. The summed E-state index contributed by atoms with van der Waals surface area (Å²) >= 11 is 18.4. The van der Waals surface area contributed by atoms with Gasteiger partial charge in [0.15, 0.2) is 9.84 Å². The van der Waals surface area contributed by atoms with Gasteiger partial charge in [-0.15, -0.1) is 11.6 Å². The Hall–Kier alpha value is -0.740. The van der Waals surface area contributed by atoms with Crippen LogP contribution in [-0.2, 0) is 9.84 Å². The number of benzene rings is 2. The van der Waals surface area contributed by atoms with Crippen molar-refractivity contribution in [2.24, 2.45) is 0 Å². The van der Waals surface area contributed by atoms with E-state index in [1.165, 1.54) is 12.1 Å². The average Bonchev–Trinajstić information content (AvgIpc) is 2.40. The van der Waals surface area contributed by atoms with Gasteiger partial charge in [0.05, 0.1) is 10.3 Å². The van der Waals surface area contributed by atoms with E-state index in [0.29, 0.717) is 15.6 Å². The Morgan fingerprint density at radius 3 is 2.15 bits per heavy atom. The van der Waals surface area contributed by atoms with E-state index in [9.17, 15) is 8.42 Å². The third-order valence-electron chi connectivity index (χ3n) is 2.83. The summed E-state index contributed by atoms with van der Waals surface area (Å²) < 4.78 is 22.8. The van der Waals surface area contributed by atoms with Crippen molar-refractivity contribution in [3.63, 3.8) is 0 Å². The molecule has 0 bridgehead atoms. The predicted octanol–water partition coefficient (Wildman–Crippen LogP) is 4.73. The van der Waals surface area contributed by atoms with Crippen LogP contribution in [0, 0.1) is 0 Å². The SMILES string of the molecule is CS(=O)(=O)c1ccc(C(Cl)c2cc(Cl)ccc2Cl)cc1. The molecule has 2 aromatic rings. The van der Waals surface area contributed by atoms with Crippen molar-refractivity contribution in [3.05, 3.63) is 63.6 Å². The van der Waals surface area contributed by atoms with Crippen molar-refractivity contribution in [2.75, 3.05) is 6.26 Å². The molecule has 0 aliphatic heterocycles. The quantitative estimate of drug-likeness (QED) is 0.751. The Kier molecular flexibility index (Phi) is 4.65. The van der Waals surface area contributed by atoms with Crippen LogP contribution in [-0.4, -0.2) is 14.7 Å². The molecular weight excluding hydrogens is 339 g/mol. The minimum atomic E-state index is -3.22. The average molecular weight is 350 g/mol. The maximum Gasteiger partial charge on any atom is 0.175 e. The van der Waals surface area contributed by atoms with Crippen LogP contribution in [0.1, 0.15) is 16.5 Å². The highest BCUT2D eigenvalue weighted by Gasteiger charge is 2.16. The van der Waals surface area contributed by atoms with E-state index in [4.69, 9.17) is 34.8 Å². The van der Waals surface area contributed by atoms with Gasteiger partial charge < -0.3 is 0 Å². The Bertz CT molecular complexity index is 725. The number of halogens is 3. The molecule has 2 nitrogen and oxygen atoms in total. The molecule has 6 heteroatoms. The molecule has 0 radical (unpaired) electrons. The van der Waals surface area contributed by atoms with Crippen molar-refractivity contribution < 1.29 is 8.42 Å². The third kappa shape index (κ3) is 3.47. The first kappa shape index (κ1) is 15.6. The number of rotatable bonds is 3. The third-order valence-corrected chi connectivity index (χ3v) is 5.03. The summed E-state index contributed by atoms with van der Waals surface area (Å²) in [5.74, 6) is 0. The molecule has 2 aromatic carbocycles. The molecule has 1 atom stereocenters.